The zero-order valence-electron chi connectivity index (χ0n) is 30.0. The number of nitrogens with zero attached hydrogens (tertiary/aromatic N) is 4. The number of hydrogen-bond acceptors (Lipinski definition) is 11. The van der Waals surface area contributed by atoms with Crippen molar-refractivity contribution in [3.8, 4) is 5.88 Å². The summed E-state index contributed by atoms with van der Waals surface area (Å²) in [6, 6.07) is 1.70. The normalized spacial score (nSPS) is 26.9. The average molecular weight is 831 g/mol. The minimum atomic E-state index is -4.02. The van der Waals surface area contributed by atoms with Crippen LogP contribution in [0.4, 0.5) is 4.39 Å². The lowest BCUT2D eigenvalue weighted by Gasteiger charge is -2.30. The Balaban J connectivity index is 1.20. The molecule has 4 amide bonds. The fourth-order valence-electron chi connectivity index (χ4n) is 7.08. The Hall–Kier alpha value is -4.45. The summed E-state index contributed by atoms with van der Waals surface area (Å²) in [4.78, 5) is 66.3. The molecule has 3 aromatic rings. The highest BCUT2D eigenvalue weighted by molar-refractivity contribution is 9.10. The van der Waals surface area contributed by atoms with Gasteiger partial charge in [0.1, 0.15) is 46.5 Å². The molecule has 7 rings (SSSR count). The number of rotatable bonds is 7. The maximum atomic E-state index is 14.5. The highest BCUT2D eigenvalue weighted by Crippen LogP contribution is 2.47. The summed E-state index contributed by atoms with van der Waals surface area (Å²) in [5, 5.41) is 9.40. The van der Waals surface area contributed by atoms with Gasteiger partial charge < -0.3 is 24.8 Å². The Kier molecular flexibility index (Phi) is 10.0. The number of aryl methyl sites for hydroxylation is 2. The molecule has 5 atom stereocenters. The molecule has 0 bridgehead atoms. The van der Waals surface area contributed by atoms with Gasteiger partial charge in [-0.25, -0.2) is 22.8 Å². The third-order valence-corrected chi connectivity index (χ3v) is 13.5. The second kappa shape index (κ2) is 14.3. The van der Waals surface area contributed by atoms with Gasteiger partial charge in [0.25, 0.3) is 11.8 Å². The number of fused-ring (bicyclic) bond motifs is 3. The third kappa shape index (κ3) is 7.46. The Morgan fingerprint density at radius 2 is 1.91 bits per heavy atom. The van der Waals surface area contributed by atoms with Crippen molar-refractivity contribution in [2.24, 2.45) is 5.92 Å². The first kappa shape index (κ1) is 37.8. The van der Waals surface area contributed by atoms with Crippen molar-refractivity contribution >= 4 is 60.6 Å². The summed E-state index contributed by atoms with van der Waals surface area (Å²) in [6.07, 6.45) is 6.90. The second-order valence-electron chi connectivity index (χ2n) is 14.9. The number of carbonyl (C=O) groups is 4. The van der Waals surface area contributed by atoms with E-state index in [0.29, 0.717) is 47.1 Å². The van der Waals surface area contributed by atoms with E-state index in [2.05, 4.69) is 46.4 Å². The van der Waals surface area contributed by atoms with Crippen molar-refractivity contribution in [2.75, 3.05) is 6.54 Å². The van der Waals surface area contributed by atoms with Gasteiger partial charge in [0, 0.05) is 28.9 Å². The van der Waals surface area contributed by atoms with Crippen molar-refractivity contribution in [2.45, 2.75) is 107 Å². The minimum Gasteiger partial charge on any atom is -0.471 e. The summed E-state index contributed by atoms with van der Waals surface area (Å²) in [5.74, 6) is -3.21. The summed E-state index contributed by atoms with van der Waals surface area (Å²) in [6.45, 7) is 4.77. The van der Waals surface area contributed by atoms with Crippen LogP contribution < -0.4 is 20.1 Å². The molecular formula is C36H41BrFN7O8S. The van der Waals surface area contributed by atoms with Crippen molar-refractivity contribution in [3.63, 3.8) is 0 Å². The fraction of sp³-hybridized carbons (Fsp3) is 0.528. The molecule has 0 spiro atoms. The van der Waals surface area contributed by atoms with Crippen LogP contribution in [0.3, 0.4) is 0 Å². The molecule has 2 aromatic heterocycles. The van der Waals surface area contributed by atoms with Crippen LogP contribution in [-0.2, 0) is 24.4 Å². The van der Waals surface area contributed by atoms with Crippen molar-refractivity contribution in [1.29, 1.82) is 0 Å². The molecule has 0 unspecified atom stereocenters. The summed E-state index contributed by atoms with van der Waals surface area (Å²) >= 11 is 3.31. The average Bonchev–Trinajstić information content (AvgIpc) is 3.91. The molecule has 3 N–H and O–H groups in total. The Bertz CT molecular complexity index is 2180. The van der Waals surface area contributed by atoms with E-state index in [9.17, 15) is 32.0 Å². The van der Waals surface area contributed by atoms with Crippen molar-refractivity contribution in [3.05, 3.63) is 57.8 Å². The number of allylic oxidation sites excluding steroid dienone is 1. The van der Waals surface area contributed by atoms with Crippen LogP contribution in [0, 0.1) is 25.6 Å². The van der Waals surface area contributed by atoms with E-state index in [1.807, 2.05) is 12.2 Å². The maximum Gasteiger partial charge on any atom is 0.274 e. The van der Waals surface area contributed by atoms with E-state index in [-0.39, 0.29) is 42.9 Å². The molecule has 4 aliphatic rings. The Labute approximate surface area is 319 Å². The molecule has 1 aromatic carbocycles. The number of amides is 4. The standard InChI is InChI=1S/C36H41BrFN7O8S/c1-19-13-27(43-53-19)30(46)40-25-10-8-6-4-5-7-9-21-17-36(21,34(49)44-54(50,51)35(3)11-12-35)42-31(47)28-16-23(18-45(28)33(25)48)52-32-20(2)39-29-24(37)14-22(38)15-26(29)41-32/h7,9,13-15,21,23,25,28H,4-6,8,10-12,16-18H2,1-3H3,(H,40,46)(H,42,47)(H,44,49)/t21-,23-,25+,28+,36-/m1/s1. The molecule has 2 saturated carbocycles. The molecule has 2 aliphatic carbocycles. The highest BCUT2D eigenvalue weighted by atomic mass is 79.9. The predicted molar refractivity (Wildman–Crippen MR) is 195 cm³/mol. The van der Waals surface area contributed by atoms with Gasteiger partial charge in [0.15, 0.2) is 5.69 Å². The molecule has 0 radical (unpaired) electrons. The lowest BCUT2D eigenvalue weighted by Crippen LogP contribution is -2.58. The first-order valence-electron chi connectivity index (χ1n) is 18.0. The van der Waals surface area contributed by atoms with Gasteiger partial charge in [-0.05, 0) is 81.3 Å². The number of aromatic nitrogens is 3. The monoisotopic (exact) mass is 829 g/mol. The van der Waals surface area contributed by atoms with Crippen LogP contribution in [-0.4, -0.2) is 87.1 Å². The molecule has 4 heterocycles. The van der Waals surface area contributed by atoms with Crippen molar-refractivity contribution in [1.82, 2.24) is 35.4 Å². The first-order chi connectivity index (χ1) is 25.6. The first-order valence-corrected chi connectivity index (χ1v) is 20.3. The Morgan fingerprint density at radius 1 is 1.13 bits per heavy atom. The van der Waals surface area contributed by atoms with Crippen LogP contribution >= 0.6 is 15.9 Å². The number of halogens is 2. The van der Waals surface area contributed by atoms with Gasteiger partial charge in [-0.2, -0.15) is 0 Å². The van der Waals surface area contributed by atoms with Crippen LogP contribution in [0.2, 0.25) is 0 Å². The third-order valence-electron chi connectivity index (χ3n) is 10.7. The lowest BCUT2D eigenvalue weighted by atomic mass is 10.0. The van der Waals surface area contributed by atoms with E-state index in [1.165, 1.54) is 23.1 Å². The molecular weight excluding hydrogens is 789 g/mol. The summed E-state index contributed by atoms with van der Waals surface area (Å²) in [5.41, 5.74) is -0.530. The second-order valence-corrected chi connectivity index (χ2v) is 18.0. The quantitative estimate of drug-likeness (QED) is 0.293. The van der Waals surface area contributed by atoms with Gasteiger partial charge >= 0.3 is 0 Å². The Morgan fingerprint density at radius 3 is 2.63 bits per heavy atom. The van der Waals surface area contributed by atoms with Crippen LogP contribution in [0.1, 0.15) is 86.7 Å². The van der Waals surface area contributed by atoms with E-state index in [0.717, 1.165) is 12.8 Å². The molecule has 3 fully saturated rings. The zero-order valence-corrected chi connectivity index (χ0v) is 32.4. The van der Waals surface area contributed by atoms with Gasteiger partial charge in [-0.15, -0.1) is 0 Å². The maximum absolute atomic E-state index is 14.5. The number of sulfonamides is 1. The minimum absolute atomic E-state index is 0.00517. The molecule has 18 heteroatoms. The van der Waals surface area contributed by atoms with Gasteiger partial charge in [0.05, 0.1) is 16.8 Å². The SMILES string of the molecule is Cc1cc(C(=O)N[C@H]2CCCCCC=C[C@@H]3C[C@@]3(C(=O)NS(=O)(=O)C3(C)CC3)NC(=O)[C@@H]3C[C@@H](Oc4nc5cc(F)cc(Br)c5nc4C)CN3C2=O)no1. The van der Waals surface area contributed by atoms with Gasteiger partial charge in [0.2, 0.25) is 27.7 Å². The zero-order chi connectivity index (χ0) is 38.6. The van der Waals surface area contributed by atoms with E-state index >= 15 is 0 Å². The summed E-state index contributed by atoms with van der Waals surface area (Å²) < 4.78 is 53.4. The smallest absolute Gasteiger partial charge is 0.274 e. The molecule has 1 saturated heterocycles. The number of carbonyl (C=O) groups excluding carboxylic acids is 4. The fourth-order valence-corrected chi connectivity index (χ4v) is 8.90. The van der Waals surface area contributed by atoms with Gasteiger partial charge in [-0.3, -0.25) is 23.9 Å². The summed E-state index contributed by atoms with van der Waals surface area (Å²) in [7, 11) is -4.02. The van der Waals surface area contributed by atoms with Crippen molar-refractivity contribution < 1.29 is 41.2 Å². The topological polar surface area (TPSA) is 203 Å². The predicted octanol–water partition coefficient (Wildman–Crippen LogP) is 3.68. The van der Waals surface area contributed by atoms with E-state index < -0.39 is 73.9 Å². The number of hydrogen-bond donors (Lipinski definition) is 3. The number of nitrogens with one attached hydrogen (secondary N) is 3. The number of benzene rings is 1. The lowest BCUT2D eigenvalue weighted by molar-refractivity contribution is -0.141. The molecule has 15 nitrogen and oxygen atoms in total. The van der Waals surface area contributed by atoms with Crippen LogP contribution in [0.15, 0.2) is 39.3 Å². The largest absolute Gasteiger partial charge is 0.471 e. The molecule has 54 heavy (non-hydrogen) atoms. The highest BCUT2D eigenvalue weighted by Gasteiger charge is 2.63. The number of ether oxygens (including phenoxy) is 1. The van der Waals surface area contributed by atoms with E-state index in [4.69, 9.17) is 9.26 Å². The van der Waals surface area contributed by atoms with Crippen LogP contribution in [0.25, 0.3) is 11.0 Å². The molecule has 288 valence electrons. The molecule has 2 aliphatic heterocycles. The van der Waals surface area contributed by atoms with Gasteiger partial charge in [-0.1, -0.05) is 30.2 Å². The van der Waals surface area contributed by atoms with E-state index in [1.54, 1.807) is 20.8 Å². The van der Waals surface area contributed by atoms with Crippen LogP contribution in [0.5, 0.6) is 5.88 Å².